The SMILES string of the molecule is CNC1=CC(N2CCc3c(-c4cc(N(C)C5CCN(c6ccc7c(c6)n(C)c(=O)n7C6CCC(=O)NC6=O)CC5)ccn4)cccc32)Nn2c(C(=O)NC3CC3)cnc21. The first-order valence-electron chi connectivity index (χ1n) is 20.6. The molecule has 3 amide bonds. The Kier molecular flexibility index (Phi) is 8.94. The number of carbonyl (C=O) groups is 3. The van der Waals surface area contributed by atoms with E-state index in [1.807, 2.05) is 36.1 Å². The number of carbonyl (C=O) groups excluding carboxylic acids is 3. The van der Waals surface area contributed by atoms with Crippen LogP contribution in [-0.4, -0.2) is 93.5 Å². The first-order chi connectivity index (χ1) is 28.7. The first kappa shape index (κ1) is 36.7. The molecule has 5 aromatic rings. The lowest BCUT2D eigenvalue weighted by Gasteiger charge is -2.39. The average molecular weight is 797 g/mol. The van der Waals surface area contributed by atoms with E-state index >= 15 is 0 Å². The van der Waals surface area contributed by atoms with Crippen molar-refractivity contribution in [3.05, 3.63) is 94.6 Å². The highest BCUT2D eigenvalue weighted by atomic mass is 16.2. The number of piperidine rings is 2. The van der Waals surface area contributed by atoms with E-state index in [2.05, 4.69) is 84.5 Å². The fourth-order valence-corrected chi connectivity index (χ4v) is 9.35. The highest BCUT2D eigenvalue weighted by Crippen LogP contribution is 2.39. The standard InChI is InChI=1S/C43H48N12O4/c1-44-32-23-38(49-55-37(24-46-40(32)55)42(58)47-25-7-8-25)53-20-16-30-29(5-4-6-33(30)53)31-21-27(13-17-45-31)50(2)26-14-18-52(19-15-26)28-9-10-34-36(22-28)51(3)43(59)54(34)35-11-12-39(56)48-41(35)57/h4-6,9-10,13,17,21-26,35,38,44,49H,7-8,11-12,14-16,18-20H2,1-3H3,(H,47,58)(H,48,56,57). The number of amides is 3. The number of fused-ring (bicyclic) bond motifs is 3. The Balaban J connectivity index is 0.836. The number of rotatable bonds is 9. The molecule has 2 saturated heterocycles. The first-order valence-corrected chi connectivity index (χ1v) is 20.6. The lowest BCUT2D eigenvalue weighted by molar-refractivity contribution is -0.135. The minimum absolute atomic E-state index is 0.118. The minimum atomic E-state index is -0.704. The van der Waals surface area contributed by atoms with E-state index in [0.29, 0.717) is 29.5 Å². The smallest absolute Gasteiger partial charge is 0.329 e. The summed E-state index contributed by atoms with van der Waals surface area (Å²) in [6.07, 6.45) is 10.8. The molecule has 3 fully saturated rings. The van der Waals surface area contributed by atoms with Gasteiger partial charge in [0.15, 0.2) is 5.82 Å². The number of benzene rings is 2. The second kappa shape index (κ2) is 14.4. The molecule has 4 aliphatic heterocycles. The van der Waals surface area contributed by atoms with Gasteiger partial charge in [0.2, 0.25) is 11.8 Å². The van der Waals surface area contributed by atoms with E-state index in [-0.39, 0.29) is 36.1 Å². The van der Waals surface area contributed by atoms with Crippen molar-refractivity contribution >= 4 is 51.5 Å². The summed E-state index contributed by atoms with van der Waals surface area (Å²) in [6, 6.07) is 16.6. The molecule has 3 aromatic heterocycles. The van der Waals surface area contributed by atoms with Crippen LogP contribution < -0.4 is 41.8 Å². The van der Waals surface area contributed by atoms with Gasteiger partial charge in [-0.05, 0) is 86.6 Å². The van der Waals surface area contributed by atoms with Crippen molar-refractivity contribution in [1.82, 2.24) is 39.7 Å². The zero-order valence-electron chi connectivity index (χ0n) is 33.4. The molecular formula is C43H48N12O4. The van der Waals surface area contributed by atoms with Crippen LogP contribution in [0.3, 0.4) is 0 Å². The predicted molar refractivity (Wildman–Crippen MR) is 226 cm³/mol. The largest absolute Gasteiger partial charge is 0.385 e. The number of aromatic nitrogens is 5. The van der Waals surface area contributed by atoms with Gasteiger partial charge in [-0.1, -0.05) is 12.1 Å². The quantitative estimate of drug-likeness (QED) is 0.162. The Morgan fingerprint density at radius 2 is 1.76 bits per heavy atom. The number of imide groups is 1. The molecule has 10 rings (SSSR count). The van der Waals surface area contributed by atoms with Gasteiger partial charge < -0.3 is 25.3 Å². The highest BCUT2D eigenvalue weighted by Gasteiger charge is 2.35. The molecular weight excluding hydrogens is 749 g/mol. The molecule has 2 aromatic carbocycles. The molecule has 2 unspecified atom stereocenters. The van der Waals surface area contributed by atoms with Crippen LogP contribution in [0, 0.1) is 0 Å². The van der Waals surface area contributed by atoms with Crippen molar-refractivity contribution in [2.24, 2.45) is 7.05 Å². The maximum absolute atomic E-state index is 13.3. The number of nitrogens with zero attached hydrogens (tertiary/aromatic N) is 8. The van der Waals surface area contributed by atoms with Gasteiger partial charge in [0.1, 0.15) is 17.9 Å². The second-order valence-corrected chi connectivity index (χ2v) is 16.3. The fourth-order valence-electron chi connectivity index (χ4n) is 9.35. The monoisotopic (exact) mass is 796 g/mol. The lowest BCUT2D eigenvalue weighted by atomic mass is 10.00. The summed E-state index contributed by atoms with van der Waals surface area (Å²) in [5.41, 5.74) is 12.7. The highest BCUT2D eigenvalue weighted by molar-refractivity contribution is 6.00. The lowest BCUT2D eigenvalue weighted by Crippen LogP contribution is -2.47. The predicted octanol–water partition coefficient (Wildman–Crippen LogP) is 3.08. The van der Waals surface area contributed by atoms with Crippen molar-refractivity contribution in [2.45, 2.75) is 69.2 Å². The Hall–Kier alpha value is -6.58. The molecule has 16 nitrogen and oxygen atoms in total. The number of aryl methyl sites for hydroxylation is 1. The average Bonchev–Trinajstić information content (AvgIpc) is 3.69. The molecule has 7 heterocycles. The van der Waals surface area contributed by atoms with E-state index < -0.39 is 11.9 Å². The third-order valence-corrected chi connectivity index (χ3v) is 12.8. The van der Waals surface area contributed by atoms with Gasteiger partial charge >= 0.3 is 5.69 Å². The van der Waals surface area contributed by atoms with Gasteiger partial charge in [-0.2, -0.15) is 0 Å². The Morgan fingerprint density at radius 1 is 0.932 bits per heavy atom. The van der Waals surface area contributed by atoms with Gasteiger partial charge in [-0.15, -0.1) is 0 Å². The third-order valence-electron chi connectivity index (χ3n) is 12.8. The maximum Gasteiger partial charge on any atom is 0.329 e. The van der Waals surface area contributed by atoms with Gasteiger partial charge in [-0.3, -0.25) is 39.2 Å². The third kappa shape index (κ3) is 6.37. The molecule has 304 valence electrons. The van der Waals surface area contributed by atoms with Gasteiger partial charge in [0.05, 0.1) is 28.6 Å². The van der Waals surface area contributed by atoms with Crippen molar-refractivity contribution in [3.63, 3.8) is 0 Å². The molecule has 0 spiro atoms. The number of imidazole rings is 2. The Labute approximate surface area is 340 Å². The molecule has 5 aliphatic rings. The topological polar surface area (TPSA) is 167 Å². The summed E-state index contributed by atoms with van der Waals surface area (Å²) in [6.45, 7) is 2.51. The molecule has 4 N–H and O–H groups in total. The van der Waals surface area contributed by atoms with E-state index in [1.165, 1.54) is 10.1 Å². The van der Waals surface area contributed by atoms with Crippen LogP contribution in [-0.2, 0) is 23.1 Å². The molecule has 16 heteroatoms. The molecule has 1 saturated carbocycles. The van der Waals surface area contributed by atoms with Crippen molar-refractivity contribution < 1.29 is 14.4 Å². The minimum Gasteiger partial charge on any atom is -0.385 e. The molecule has 59 heavy (non-hydrogen) atoms. The molecule has 1 aliphatic carbocycles. The summed E-state index contributed by atoms with van der Waals surface area (Å²) < 4.78 is 4.93. The summed E-state index contributed by atoms with van der Waals surface area (Å²) in [5.74, 6) is -0.167. The fraction of sp³-hybridized carbons (Fsp3) is 0.395. The van der Waals surface area contributed by atoms with E-state index in [4.69, 9.17) is 4.98 Å². The van der Waals surface area contributed by atoms with Gasteiger partial charge in [0.25, 0.3) is 5.91 Å². The maximum atomic E-state index is 13.3. The number of anilines is 3. The number of hydrogen-bond donors (Lipinski definition) is 4. The zero-order valence-corrected chi connectivity index (χ0v) is 33.4. The summed E-state index contributed by atoms with van der Waals surface area (Å²) in [7, 11) is 5.78. The summed E-state index contributed by atoms with van der Waals surface area (Å²) >= 11 is 0. The van der Waals surface area contributed by atoms with Crippen molar-refractivity contribution in [2.75, 3.05) is 53.9 Å². The van der Waals surface area contributed by atoms with Crippen LogP contribution >= 0.6 is 0 Å². The second-order valence-electron chi connectivity index (χ2n) is 16.3. The Bertz CT molecular complexity index is 2610. The molecule has 0 radical (unpaired) electrons. The van der Waals surface area contributed by atoms with E-state index in [0.717, 1.165) is 91.3 Å². The van der Waals surface area contributed by atoms with Crippen LogP contribution in [0.2, 0.25) is 0 Å². The van der Waals surface area contributed by atoms with Gasteiger partial charge in [0, 0.05) is 88.1 Å². The van der Waals surface area contributed by atoms with Gasteiger partial charge in [-0.25, -0.2) is 14.5 Å². The van der Waals surface area contributed by atoms with Crippen LogP contribution in [0.5, 0.6) is 0 Å². The molecule has 0 bridgehead atoms. The summed E-state index contributed by atoms with van der Waals surface area (Å²) in [4.78, 5) is 67.4. The van der Waals surface area contributed by atoms with E-state index in [1.54, 1.807) is 17.8 Å². The molecule has 2 atom stereocenters. The van der Waals surface area contributed by atoms with Crippen molar-refractivity contribution in [1.29, 1.82) is 0 Å². The normalized spacial score (nSPS) is 20.5. The number of nitrogens with one attached hydrogen (secondary N) is 4. The number of hydrogen-bond acceptors (Lipinski definition) is 11. The van der Waals surface area contributed by atoms with Crippen molar-refractivity contribution in [3.8, 4) is 11.3 Å². The Morgan fingerprint density at radius 3 is 2.54 bits per heavy atom. The van der Waals surface area contributed by atoms with E-state index in [9.17, 15) is 19.2 Å². The number of pyridine rings is 1. The van der Waals surface area contributed by atoms with Crippen LogP contribution in [0.1, 0.15) is 66.4 Å². The van der Waals surface area contributed by atoms with Crippen LogP contribution in [0.15, 0.2) is 71.8 Å². The zero-order chi connectivity index (χ0) is 40.5. The van der Waals surface area contributed by atoms with Crippen LogP contribution in [0.4, 0.5) is 17.1 Å². The summed E-state index contributed by atoms with van der Waals surface area (Å²) in [5, 5.41) is 8.77. The van der Waals surface area contributed by atoms with Crippen LogP contribution in [0.25, 0.3) is 28.0 Å².